The van der Waals surface area contributed by atoms with Crippen molar-refractivity contribution in [2.24, 2.45) is 11.3 Å². The molecule has 1 heterocycles. The summed E-state index contributed by atoms with van der Waals surface area (Å²) in [6.45, 7) is 7.07. The van der Waals surface area contributed by atoms with Crippen molar-refractivity contribution in [1.82, 2.24) is 9.97 Å². The first kappa shape index (κ1) is 11.6. The molecule has 1 aromatic heterocycles. The van der Waals surface area contributed by atoms with Crippen molar-refractivity contribution in [3.63, 3.8) is 0 Å². The maximum atomic E-state index is 4.47. The number of hydrogen-bond donors (Lipinski definition) is 0. The zero-order valence-corrected chi connectivity index (χ0v) is 10.7. The molecule has 0 saturated carbocycles. The lowest BCUT2D eigenvalue weighted by molar-refractivity contribution is 0.204. The van der Waals surface area contributed by atoms with Gasteiger partial charge in [0.25, 0.3) is 0 Å². The third kappa shape index (κ3) is 2.60. The van der Waals surface area contributed by atoms with Crippen LogP contribution >= 0.6 is 0 Å². The van der Waals surface area contributed by atoms with E-state index in [0.29, 0.717) is 5.41 Å². The SMILES string of the molecule is CC(C)(C)C1CCCc2nccnc2CC1. The van der Waals surface area contributed by atoms with E-state index in [-0.39, 0.29) is 0 Å². The molecule has 0 radical (unpaired) electrons. The summed E-state index contributed by atoms with van der Waals surface area (Å²) < 4.78 is 0. The van der Waals surface area contributed by atoms with E-state index in [9.17, 15) is 0 Å². The highest BCUT2D eigenvalue weighted by Gasteiger charge is 2.25. The first-order valence-corrected chi connectivity index (χ1v) is 6.36. The molecule has 0 amide bonds. The summed E-state index contributed by atoms with van der Waals surface area (Å²) in [5.41, 5.74) is 2.89. The van der Waals surface area contributed by atoms with Gasteiger partial charge in [0.2, 0.25) is 0 Å². The van der Waals surface area contributed by atoms with Gasteiger partial charge in [-0.3, -0.25) is 9.97 Å². The molecule has 16 heavy (non-hydrogen) atoms. The Bertz CT molecular complexity index is 352. The predicted octanol–water partition coefficient (Wildman–Crippen LogP) is 3.41. The maximum Gasteiger partial charge on any atom is 0.0618 e. The van der Waals surface area contributed by atoms with Crippen molar-refractivity contribution in [2.45, 2.75) is 52.9 Å². The van der Waals surface area contributed by atoms with Crippen molar-refractivity contribution in [3.05, 3.63) is 23.8 Å². The third-order valence-corrected chi connectivity index (χ3v) is 3.78. The second kappa shape index (κ2) is 4.52. The molecule has 1 aliphatic carbocycles. The van der Waals surface area contributed by atoms with Crippen LogP contribution in [-0.4, -0.2) is 9.97 Å². The van der Waals surface area contributed by atoms with Crippen LogP contribution in [0.5, 0.6) is 0 Å². The lowest BCUT2D eigenvalue weighted by Crippen LogP contribution is -2.23. The minimum absolute atomic E-state index is 0.430. The Labute approximate surface area is 98.5 Å². The summed E-state index contributed by atoms with van der Waals surface area (Å²) in [6.07, 6.45) is 9.71. The van der Waals surface area contributed by atoms with Crippen LogP contribution < -0.4 is 0 Å². The van der Waals surface area contributed by atoms with Crippen molar-refractivity contribution in [3.8, 4) is 0 Å². The van der Waals surface area contributed by atoms with Crippen molar-refractivity contribution in [2.75, 3.05) is 0 Å². The fourth-order valence-electron chi connectivity index (χ4n) is 2.65. The Kier molecular flexibility index (Phi) is 3.27. The summed E-state index contributed by atoms with van der Waals surface area (Å²) in [4.78, 5) is 8.92. The van der Waals surface area contributed by atoms with Gasteiger partial charge in [-0.1, -0.05) is 20.8 Å². The molecule has 2 nitrogen and oxygen atoms in total. The van der Waals surface area contributed by atoms with Gasteiger partial charge >= 0.3 is 0 Å². The van der Waals surface area contributed by atoms with Crippen LogP contribution in [0.15, 0.2) is 12.4 Å². The van der Waals surface area contributed by atoms with Crippen LogP contribution in [0.25, 0.3) is 0 Å². The van der Waals surface area contributed by atoms with Crippen molar-refractivity contribution >= 4 is 0 Å². The average Bonchev–Trinajstić information content (AvgIpc) is 2.17. The van der Waals surface area contributed by atoms with Gasteiger partial charge in [0.1, 0.15) is 0 Å². The fraction of sp³-hybridized carbons (Fsp3) is 0.714. The van der Waals surface area contributed by atoms with E-state index in [1.165, 1.54) is 30.7 Å². The van der Waals surface area contributed by atoms with Crippen LogP contribution in [0.1, 0.15) is 51.4 Å². The molecule has 88 valence electrons. The van der Waals surface area contributed by atoms with Gasteiger partial charge in [-0.2, -0.15) is 0 Å². The molecule has 1 aromatic rings. The number of nitrogens with zero attached hydrogens (tertiary/aromatic N) is 2. The second-order valence-corrected chi connectivity index (χ2v) is 5.94. The normalized spacial score (nSPS) is 22.1. The van der Waals surface area contributed by atoms with E-state index >= 15 is 0 Å². The predicted molar refractivity (Wildman–Crippen MR) is 66.2 cm³/mol. The van der Waals surface area contributed by atoms with Crippen molar-refractivity contribution in [1.29, 1.82) is 0 Å². The quantitative estimate of drug-likeness (QED) is 0.667. The first-order chi connectivity index (χ1) is 7.57. The Morgan fingerprint density at radius 2 is 1.62 bits per heavy atom. The van der Waals surface area contributed by atoms with Crippen LogP contribution in [0.4, 0.5) is 0 Å². The molecule has 1 atom stereocenters. The number of hydrogen-bond acceptors (Lipinski definition) is 2. The first-order valence-electron chi connectivity index (χ1n) is 6.36. The van der Waals surface area contributed by atoms with Crippen LogP contribution in [0.3, 0.4) is 0 Å². The van der Waals surface area contributed by atoms with Gasteiger partial charge in [-0.05, 0) is 43.4 Å². The standard InChI is InChI=1S/C14H22N2/c1-14(2,3)11-5-4-6-12-13(8-7-11)16-10-9-15-12/h9-11H,4-8H2,1-3H3. The smallest absolute Gasteiger partial charge is 0.0618 e. The Hall–Kier alpha value is -0.920. The topological polar surface area (TPSA) is 25.8 Å². The highest BCUT2D eigenvalue weighted by Crippen LogP contribution is 2.35. The Morgan fingerprint density at radius 3 is 2.25 bits per heavy atom. The molecule has 0 saturated heterocycles. The minimum atomic E-state index is 0.430. The largest absolute Gasteiger partial charge is 0.258 e. The van der Waals surface area contributed by atoms with E-state index < -0.39 is 0 Å². The molecular formula is C14H22N2. The lowest BCUT2D eigenvalue weighted by atomic mass is 9.74. The zero-order chi connectivity index (χ0) is 11.6. The molecule has 2 rings (SSSR count). The minimum Gasteiger partial charge on any atom is -0.258 e. The molecule has 2 heteroatoms. The van der Waals surface area contributed by atoms with E-state index in [0.717, 1.165) is 18.8 Å². The summed E-state index contributed by atoms with van der Waals surface area (Å²) >= 11 is 0. The molecule has 0 fully saturated rings. The van der Waals surface area contributed by atoms with Crippen LogP contribution in [0.2, 0.25) is 0 Å². The van der Waals surface area contributed by atoms with Gasteiger partial charge in [0, 0.05) is 12.4 Å². The van der Waals surface area contributed by atoms with Gasteiger partial charge in [0.15, 0.2) is 0 Å². The number of rotatable bonds is 0. The molecule has 0 aliphatic heterocycles. The molecule has 1 aliphatic rings. The highest BCUT2D eigenvalue weighted by atomic mass is 14.8. The van der Waals surface area contributed by atoms with E-state index in [2.05, 4.69) is 30.7 Å². The fourth-order valence-corrected chi connectivity index (χ4v) is 2.65. The van der Waals surface area contributed by atoms with E-state index in [4.69, 9.17) is 0 Å². The van der Waals surface area contributed by atoms with Gasteiger partial charge in [-0.15, -0.1) is 0 Å². The molecule has 1 unspecified atom stereocenters. The highest BCUT2D eigenvalue weighted by molar-refractivity contribution is 5.12. The lowest BCUT2D eigenvalue weighted by Gasteiger charge is -2.32. The summed E-state index contributed by atoms with van der Waals surface area (Å²) in [5.74, 6) is 0.822. The molecule has 0 spiro atoms. The zero-order valence-electron chi connectivity index (χ0n) is 10.7. The summed E-state index contributed by atoms with van der Waals surface area (Å²) in [7, 11) is 0. The summed E-state index contributed by atoms with van der Waals surface area (Å²) in [6, 6.07) is 0. The van der Waals surface area contributed by atoms with E-state index in [1.807, 2.05) is 12.4 Å². The molecular weight excluding hydrogens is 196 g/mol. The Balaban J connectivity index is 2.13. The van der Waals surface area contributed by atoms with Gasteiger partial charge < -0.3 is 0 Å². The third-order valence-electron chi connectivity index (χ3n) is 3.78. The van der Waals surface area contributed by atoms with Crippen LogP contribution in [0, 0.1) is 11.3 Å². The van der Waals surface area contributed by atoms with Crippen molar-refractivity contribution < 1.29 is 0 Å². The van der Waals surface area contributed by atoms with E-state index in [1.54, 1.807) is 0 Å². The number of aromatic nitrogens is 2. The molecule has 0 bridgehead atoms. The monoisotopic (exact) mass is 218 g/mol. The van der Waals surface area contributed by atoms with Crippen LogP contribution in [-0.2, 0) is 12.8 Å². The second-order valence-electron chi connectivity index (χ2n) is 5.94. The van der Waals surface area contributed by atoms with Gasteiger partial charge in [0.05, 0.1) is 11.4 Å². The summed E-state index contributed by atoms with van der Waals surface area (Å²) in [5, 5.41) is 0. The maximum absolute atomic E-state index is 4.47. The number of fused-ring (bicyclic) bond motifs is 1. The Morgan fingerprint density at radius 1 is 1.00 bits per heavy atom. The molecule has 0 aromatic carbocycles. The average molecular weight is 218 g/mol. The number of aryl methyl sites for hydroxylation is 2. The van der Waals surface area contributed by atoms with Gasteiger partial charge in [-0.25, -0.2) is 0 Å². The molecule has 0 N–H and O–H groups in total.